The lowest BCUT2D eigenvalue weighted by molar-refractivity contribution is -2.00. The molecule has 1 aromatic rings. The molecule has 7 heteroatoms. The predicted molar refractivity (Wildman–Crippen MR) is 74.9 cm³/mol. The van der Waals surface area contributed by atoms with Gasteiger partial charge in [0.15, 0.2) is 6.21 Å². The van der Waals surface area contributed by atoms with E-state index in [4.69, 9.17) is 30.2 Å². The van der Waals surface area contributed by atoms with E-state index in [0.29, 0.717) is 0 Å². The second-order valence-corrected chi connectivity index (χ2v) is 6.17. The van der Waals surface area contributed by atoms with E-state index in [9.17, 15) is 0 Å². The fraction of sp³-hybridized carbons (Fsp3) is 0.400. The molecule has 2 rings (SSSR count). The lowest BCUT2D eigenvalue weighted by Crippen LogP contribution is -2.68. The van der Waals surface area contributed by atoms with Crippen molar-refractivity contribution in [3.63, 3.8) is 0 Å². The summed E-state index contributed by atoms with van der Waals surface area (Å²) in [5.74, 6) is 0. The van der Waals surface area contributed by atoms with Crippen LogP contribution in [0, 0.1) is 17.2 Å². The van der Waals surface area contributed by atoms with Crippen LogP contribution in [0.25, 0.3) is 5.03 Å². The van der Waals surface area contributed by atoms with Crippen LogP contribution in [-0.4, -0.2) is 23.9 Å². The number of nitrogens with zero attached hydrogens (tertiary/aromatic N) is 1. The molecule has 1 heterocycles. The molecule has 1 aliphatic rings. The maximum Gasteiger partial charge on any atom is 0.164 e. The molecule has 0 aromatic heterocycles. The number of allylic oxidation sites excluding steroid dienone is 1. The van der Waals surface area contributed by atoms with Crippen LogP contribution in [0.3, 0.4) is 0 Å². The van der Waals surface area contributed by atoms with Gasteiger partial charge in [-0.25, -0.2) is 23.2 Å². The topological polar surface area (TPSA) is 95.2 Å². The summed E-state index contributed by atoms with van der Waals surface area (Å²) >= 11 is 6.28. The molecule has 0 amide bonds. The minimum atomic E-state index is -4.94. The van der Waals surface area contributed by atoms with Crippen LogP contribution in [0.5, 0.6) is 0 Å². The van der Waals surface area contributed by atoms with Gasteiger partial charge in [0, 0.05) is 18.9 Å². The molecule has 22 heavy (non-hydrogen) atoms. The highest BCUT2D eigenvalue weighted by Crippen LogP contribution is 2.18. The normalized spacial score (nSPS) is 15.9. The van der Waals surface area contributed by atoms with Gasteiger partial charge in [-0.2, -0.15) is 0 Å². The summed E-state index contributed by atoms with van der Waals surface area (Å²) in [5.41, 5.74) is 2.35. The van der Waals surface area contributed by atoms with Gasteiger partial charge in [-0.05, 0) is 18.9 Å². The molecule has 0 N–H and O–H groups in total. The third-order valence-corrected chi connectivity index (χ3v) is 3.49. The van der Waals surface area contributed by atoms with E-state index < -0.39 is 10.2 Å². The summed E-state index contributed by atoms with van der Waals surface area (Å²) in [7, 11) is -4.94. The summed E-state index contributed by atoms with van der Waals surface area (Å²) < 4.78 is 36.3. The number of piperidine rings is 1. The second kappa shape index (κ2) is 9.25. The van der Waals surface area contributed by atoms with Crippen LogP contribution in [0.15, 0.2) is 30.3 Å². The lowest BCUT2D eigenvalue weighted by Gasteiger charge is -2.17. The van der Waals surface area contributed by atoms with E-state index in [0.717, 1.165) is 23.7 Å². The van der Waals surface area contributed by atoms with E-state index in [1.165, 1.54) is 24.8 Å². The maximum absolute atomic E-state index is 8.49. The molecule has 1 saturated heterocycles. The number of halogens is 2. The molecule has 1 aliphatic heterocycles. The molecule has 1 fully saturated rings. The third kappa shape index (κ3) is 9.15. The first-order valence-corrected chi connectivity index (χ1v) is 8.50. The number of rotatable bonds is 2. The predicted octanol–water partition coefficient (Wildman–Crippen LogP) is -0.914. The van der Waals surface area contributed by atoms with Crippen molar-refractivity contribution < 1.29 is 33.5 Å². The minimum absolute atomic E-state index is 0.815. The van der Waals surface area contributed by atoms with Crippen LogP contribution in [0.4, 0.5) is 0 Å². The summed E-state index contributed by atoms with van der Waals surface area (Å²) in [4.78, 5) is 0. The largest absolute Gasteiger partial charge is 0.236 e. The van der Waals surface area contributed by atoms with Gasteiger partial charge in [-0.3, -0.25) is 0 Å². The van der Waals surface area contributed by atoms with Crippen molar-refractivity contribution in [3.05, 3.63) is 41.5 Å². The summed E-state index contributed by atoms with van der Waals surface area (Å²) in [6.07, 6.45) is 8.09. The first-order chi connectivity index (χ1) is 10.3. The monoisotopic (exact) mass is 347 g/mol. The molecule has 0 saturated carbocycles. The van der Waals surface area contributed by atoms with E-state index >= 15 is 0 Å². The Morgan fingerprint density at radius 1 is 1.05 bits per heavy atom. The number of benzene rings is 1. The Balaban J connectivity index is 0.000000422. The molecule has 0 atom stereocenters. The minimum Gasteiger partial charge on any atom is -0.236 e. The average Bonchev–Trinajstić information content (AvgIpc) is 2.45. The Labute approximate surface area is 137 Å². The Kier molecular flexibility index (Phi) is 8.03. The van der Waals surface area contributed by atoms with Gasteiger partial charge >= 0.3 is 0 Å². The average molecular weight is 348 g/mol. The highest BCUT2D eigenvalue weighted by molar-refractivity contribution is 6.49. The Bertz CT molecular complexity index is 507. The molecule has 0 unspecified atom stereocenters. The Morgan fingerprint density at radius 3 is 2.05 bits per heavy atom. The fourth-order valence-electron chi connectivity index (χ4n) is 2.05. The van der Waals surface area contributed by atoms with E-state index in [1.807, 2.05) is 6.08 Å². The first kappa shape index (κ1) is 19.1. The first-order valence-electron chi connectivity index (χ1n) is 6.89. The van der Waals surface area contributed by atoms with E-state index in [2.05, 4.69) is 42.0 Å². The van der Waals surface area contributed by atoms with Crippen LogP contribution in [0.2, 0.25) is 0 Å². The SMILES string of the molecule is Cc1ccc(/C(Cl)=C/C=[N+]2CCCCC2)cc1.[O-][Cl+3]([O-])([O-])[O-]. The fourth-order valence-corrected chi connectivity index (χ4v) is 2.23. The Hall–Kier alpha value is -0.950. The molecule has 0 radical (unpaired) electrons. The smallest absolute Gasteiger partial charge is 0.164 e. The Morgan fingerprint density at radius 2 is 1.55 bits per heavy atom. The molecule has 5 nitrogen and oxygen atoms in total. The summed E-state index contributed by atoms with van der Waals surface area (Å²) in [6.45, 7) is 4.41. The quantitative estimate of drug-likeness (QED) is 0.646. The van der Waals surface area contributed by atoms with Gasteiger partial charge in [-0.1, -0.05) is 41.4 Å². The van der Waals surface area contributed by atoms with Crippen molar-refractivity contribution in [1.82, 2.24) is 0 Å². The zero-order chi connectivity index (χ0) is 16.6. The van der Waals surface area contributed by atoms with Crippen molar-refractivity contribution in [2.24, 2.45) is 0 Å². The highest BCUT2D eigenvalue weighted by atomic mass is 35.7. The highest BCUT2D eigenvalue weighted by Gasteiger charge is 2.09. The standard InChI is InChI=1S/C15H19ClN.ClHO4/c1-13-5-7-14(8-6-13)15(16)9-12-17-10-3-2-4-11-17;2-1(3,4)5/h5-9,12H,2-4,10-11H2,1H3;(H,2,3,4,5)/q+1;/p-1/b15-9-;. The van der Waals surface area contributed by atoms with Crippen molar-refractivity contribution in [1.29, 1.82) is 0 Å². The number of hydrogen-bond donors (Lipinski definition) is 0. The van der Waals surface area contributed by atoms with Gasteiger partial charge in [0.25, 0.3) is 0 Å². The number of hydrogen-bond acceptors (Lipinski definition) is 4. The molecule has 0 spiro atoms. The van der Waals surface area contributed by atoms with Gasteiger partial charge in [-0.15, -0.1) is 10.2 Å². The summed E-state index contributed by atoms with van der Waals surface area (Å²) in [5, 5.41) is 0.815. The zero-order valence-electron chi connectivity index (χ0n) is 12.3. The molecular weight excluding hydrogens is 329 g/mol. The van der Waals surface area contributed by atoms with Crippen LogP contribution in [0.1, 0.15) is 30.4 Å². The van der Waals surface area contributed by atoms with Gasteiger partial charge in [0.1, 0.15) is 13.1 Å². The van der Waals surface area contributed by atoms with Gasteiger partial charge in [0.2, 0.25) is 0 Å². The lowest BCUT2D eigenvalue weighted by atomic mass is 10.1. The van der Waals surface area contributed by atoms with E-state index in [-0.39, 0.29) is 0 Å². The molecule has 122 valence electrons. The van der Waals surface area contributed by atoms with Crippen LogP contribution in [-0.2, 0) is 0 Å². The second-order valence-electron chi connectivity index (χ2n) is 5.00. The van der Waals surface area contributed by atoms with Gasteiger partial charge in [0.05, 0.1) is 5.03 Å². The zero-order valence-corrected chi connectivity index (χ0v) is 13.8. The number of aryl methyl sites for hydroxylation is 1. The molecule has 1 aromatic carbocycles. The molecular formula is C15H19Cl2NO4. The van der Waals surface area contributed by atoms with E-state index in [1.54, 1.807) is 0 Å². The van der Waals surface area contributed by atoms with Crippen molar-refractivity contribution in [3.8, 4) is 0 Å². The van der Waals surface area contributed by atoms with Crippen molar-refractivity contribution in [2.75, 3.05) is 13.1 Å². The van der Waals surface area contributed by atoms with Crippen molar-refractivity contribution >= 4 is 22.8 Å². The molecule has 0 bridgehead atoms. The van der Waals surface area contributed by atoms with Crippen LogP contribution >= 0.6 is 11.6 Å². The maximum atomic E-state index is 8.49. The van der Waals surface area contributed by atoms with Gasteiger partial charge < -0.3 is 0 Å². The van der Waals surface area contributed by atoms with Crippen LogP contribution < -0.4 is 18.6 Å². The van der Waals surface area contributed by atoms with Crippen molar-refractivity contribution in [2.45, 2.75) is 26.2 Å². The third-order valence-electron chi connectivity index (χ3n) is 3.15. The summed E-state index contributed by atoms with van der Waals surface area (Å²) in [6, 6.07) is 8.31. The molecule has 0 aliphatic carbocycles.